The summed E-state index contributed by atoms with van der Waals surface area (Å²) in [5.74, 6) is -0.809. The number of carbonyl (C=O) groups is 3. The molecule has 128 valence electrons. The molecule has 2 fully saturated rings. The second-order valence-electron chi connectivity index (χ2n) is 6.01. The molecule has 0 bridgehead atoms. The number of carbonyl (C=O) groups excluding carboxylic acids is 3. The van der Waals surface area contributed by atoms with Gasteiger partial charge in [-0.2, -0.15) is 0 Å². The Bertz CT molecular complexity index is 658. The molecule has 24 heavy (non-hydrogen) atoms. The van der Waals surface area contributed by atoms with Crippen molar-refractivity contribution in [2.75, 3.05) is 13.2 Å². The Balaban J connectivity index is 1.60. The van der Waals surface area contributed by atoms with Gasteiger partial charge in [-0.3, -0.25) is 19.4 Å². The van der Waals surface area contributed by atoms with Crippen molar-refractivity contribution in [3.05, 3.63) is 28.7 Å². The zero-order chi connectivity index (χ0) is 17.1. The number of amides is 4. The number of hydrogen-bond donors (Lipinski definition) is 0. The van der Waals surface area contributed by atoms with E-state index in [0.717, 1.165) is 46.4 Å². The SMILES string of the molecule is O=C1C(=O)N(C2CCCCC2)C(=O)N1CCOc1cccc(Br)c1. The average molecular weight is 395 g/mol. The average Bonchev–Trinajstić information content (AvgIpc) is 2.79. The van der Waals surface area contributed by atoms with Gasteiger partial charge in [0.05, 0.1) is 6.54 Å². The highest BCUT2D eigenvalue weighted by molar-refractivity contribution is 9.10. The topological polar surface area (TPSA) is 66.9 Å². The monoisotopic (exact) mass is 394 g/mol. The highest BCUT2D eigenvalue weighted by Gasteiger charge is 2.47. The largest absolute Gasteiger partial charge is 0.492 e. The Labute approximate surface area is 148 Å². The number of ether oxygens (including phenoxy) is 1. The normalized spacial score (nSPS) is 19.3. The minimum atomic E-state index is -0.747. The van der Waals surface area contributed by atoms with Gasteiger partial charge in [0.1, 0.15) is 12.4 Å². The third-order valence-corrected chi connectivity index (χ3v) is 4.90. The van der Waals surface area contributed by atoms with Crippen molar-refractivity contribution in [2.24, 2.45) is 0 Å². The molecular weight excluding hydrogens is 376 g/mol. The van der Waals surface area contributed by atoms with Crippen molar-refractivity contribution in [2.45, 2.75) is 38.1 Å². The van der Waals surface area contributed by atoms with E-state index in [4.69, 9.17) is 4.74 Å². The zero-order valence-electron chi connectivity index (χ0n) is 13.2. The van der Waals surface area contributed by atoms with E-state index in [1.54, 1.807) is 12.1 Å². The van der Waals surface area contributed by atoms with E-state index in [9.17, 15) is 14.4 Å². The lowest BCUT2D eigenvalue weighted by atomic mass is 9.94. The summed E-state index contributed by atoms with van der Waals surface area (Å²) >= 11 is 3.35. The van der Waals surface area contributed by atoms with Gasteiger partial charge >= 0.3 is 17.8 Å². The smallest absolute Gasteiger partial charge is 0.334 e. The van der Waals surface area contributed by atoms with Crippen LogP contribution in [0.15, 0.2) is 28.7 Å². The van der Waals surface area contributed by atoms with Crippen LogP contribution in [-0.2, 0) is 9.59 Å². The molecule has 1 aromatic carbocycles. The highest BCUT2D eigenvalue weighted by atomic mass is 79.9. The molecule has 1 saturated carbocycles. The van der Waals surface area contributed by atoms with E-state index in [1.807, 2.05) is 12.1 Å². The van der Waals surface area contributed by atoms with Gasteiger partial charge in [-0.05, 0) is 31.0 Å². The fraction of sp³-hybridized carbons (Fsp3) is 0.471. The Kier molecular flexibility index (Phi) is 5.18. The molecule has 0 aromatic heterocycles. The fourth-order valence-corrected chi connectivity index (χ4v) is 3.57. The third kappa shape index (κ3) is 3.45. The van der Waals surface area contributed by atoms with Crippen LogP contribution in [0.4, 0.5) is 4.79 Å². The summed E-state index contributed by atoms with van der Waals surface area (Å²) in [6.07, 6.45) is 4.66. The van der Waals surface area contributed by atoms with Crippen LogP contribution >= 0.6 is 15.9 Å². The molecule has 0 unspecified atom stereocenters. The molecule has 3 rings (SSSR count). The summed E-state index contributed by atoms with van der Waals surface area (Å²) in [6.45, 7) is 0.221. The van der Waals surface area contributed by atoms with Crippen LogP contribution in [0.25, 0.3) is 0 Å². The molecule has 7 heteroatoms. The number of nitrogens with zero attached hydrogens (tertiary/aromatic N) is 2. The van der Waals surface area contributed by atoms with E-state index < -0.39 is 17.8 Å². The Morgan fingerprint density at radius 2 is 1.83 bits per heavy atom. The van der Waals surface area contributed by atoms with E-state index in [-0.39, 0.29) is 19.2 Å². The molecule has 6 nitrogen and oxygen atoms in total. The number of benzene rings is 1. The molecular formula is C17H19BrN2O4. The van der Waals surface area contributed by atoms with E-state index in [2.05, 4.69) is 15.9 Å². The second kappa shape index (κ2) is 7.34. The fourth-order valence-electron chi connectivity index (χ4n) is 3.19. The predicted molar refractivity (Wildman–Crippen MR) is 90.5 cm³/mol. The lowest BCUT2D eigenvalue weighted by Crippen LogP contribution is -2.42. The summed E-state index contributed by atoms with van der Waals surface area (Å²) in [5.41, 5.74) is 0. The Morgan fingerprint density at radius 1 is 1.08 bits per heavy atom. The van der Waals surface area contributed by atoms with Gasteiger partial charge in [-0.15, -0.1) is 0 Å². The molecule has 1 aromatic rings. The zero-order valence-corrected chi connectivity index (χ0v) is 14.8. The van der Waals surface area contributed by atoms with Crippen LogP contribution < -0.4 is 4.74 Å². The molecule has 2 aliphatic rings. The van der Waals surface area contributed by atoms with Crippen molar-refractivity contribution in [3.63, 3.8) is 0 Å². The van der Waals surface area contributed by atoms with Crippen molar-refractivity contribution >= 4 is 33.8 Å². The summed E-state index contributed by atoms with van der Waals surface area (Å²) in [7, 11) is 0. The molecule has 0 spiro atoms. The quantitative estimate of drug-likeness (QED) is 0.568. The van der Waals surface area contributed by atoms with Crippen LogP contribution in [0.3, 0.4) is 0 Å². The third-order valence-electron chi connectivity index (χ3n) is 4.40. The van der Waals surface area contributed by atoms with Crippen molar-refractivity contribution < 1.29 is 19.1 Å². The first-order valence-corrected chi connectivity index (χ1v) is 8.94. The lowest BCUT2D eigenvalue weighted by Gasteiger charge is -2.28. The van der Waals surface area contributed by atoms with Crippen LogP contribution in [0, 0.1) is 0 Å². The molecule has 0 atom stereocenters. The van der Waals surface area contributed by atoms with E-state index >= 15 is 0 Å². The summed E-state index contributed by atoms with van der Waals surface area (Å²) in [6, 6.07) is 6.65. The Hall–Kier alpha value is -1.89. The van der Waals surface area contributed by atoms with E-state index in [0.29, 0.717) is 5.75 Å². The number of urea groups is 1. The summed E-state index contributed by atoms with van der Waals surface area (Å²) in [5, 5.41) is 0. The minimum Gasteiger partial charge on any atom is -0.492 e. The van der Waals surface area contributed by atoms with Crippen LogP contribution in [0.5, 0.6) is 5.75 Å². The van der Waals surface area contributed by atoms with Crippen molar-refractivity contribution in [3.8, 4) is 5.75 Å². The number of imide groups is 2. The van der Waals surface area contributed by atoms with Crippen LogP contribution in [-0.4, -0.2) is 46.8 Å². The molecule has 1 aliphatic heterocycles. The maximum Gasteiger partial charge on any atom is 0.334 e. The van der Waals surface area contributed by atoms with E-state index in [1.165, 1.54) is 0 Å². The van der Waals surface area contributed by atoms with Gasteiger partial charge < -0.3 is 4.74 Å². The minimum absolute atomic E-state index is 0.0686. The van der Waals surface area contributed by atoms with Gasteiger partial charge in [0.2, 0.25) is 0 Å². The van der Waals surface area contributed by atoms with Gasteiger partial charge in [-0.25, -0.2) is 4.79 Å². The molecule has 1 saturated heterocycles. The van der Waals surface area contributed by atoms with Gasteiger partial charge in [0, 0.05) is 10.5 Å². The maximum absolute atomic E-state index is 12.5. The molecule has 1 heterocycles. The number of rotatable bonds is 5. The van der Waals surface area contributed by atoms with Crippen molar-refractivity contribution in [1.29, 1.82) is 0 Å². The first-order valence-electron chi connectivity index (χ1n) is 8.15. The standard InChI is InChI=1S/C17H19BrN2O4/c18-12-5-4-8-14(11-12)24-10-9-19-15(21)16(22)20(17(19)23)13-6-2-1-3-7-13/h4-5,8,11,13H,1-3,6-7,9-10H2. The number of hydrogen-bond acceptors (Lipinski definition) is 4. The number of halogens is 1. The molecule has 0 radical (unpaired) electrons. The second-order valence-corrected chi connectivity index (χ2v) is 6.93. The molecule has 4 amide bonds. The molecule has 0 N–H and O–H groups in total. The van der Waals surface area contributed by atoms with Gasteiger partial charge in [0.15, 0.2) is 0 Å². The lowest BCUT2D eigenvalue weighted by molar-refractivity contribution is -0.144. The Morgan fingerprint density at radius 3 is 2.54 bits per heavy atom. The molecule has 1 aliphatic carbocycles. The summed E-state index contributed by atoms with van der Waals surface area (Å²) < 4.78 is 6.44. The van der Waals surface area contributed by atoms with Crippen LogP contribution in [0.2, 0.25) is 0 Å². The van der Waals surface area contributed by atoms with Crippen LogP contribution in [0.1, 0.15) is 32.1 Å². The van der Waals surface area contributed by atoms with Gasteiger partial charge in [0.25, 0.3) is 0 Å². The first-order chi connectivity index (χ1) is 11.6. The first kappa shape index (κ1) is 17.0. The maximum atomic E-state index is 12.5. The van der Waals surface area contributed by atoms with Gasteiger partial charge in [-0.1, -0.05) is 41.3 Å². The highest BCUT2D eigenvalue weighted by Crippen LogP contribution is 2.27. The summed E-state index contributed by atoms with van der Waals surface area (Å²) in [4.78, 5) is 38.9. The predicted octanol–water partition coefficient (Wildman–Crippen LogP) is 2.95. The van der Waals surface area contributed by atoms with Crippen molar-refractivity contribution in [1.82, 2.24) is 9.80 Å².